The maximum Gasteiger partial charge on any atom is 0.254 e. The maximum absolute atomic E-state index is 12.9. The molecule has 4 nitrogen and oxygen atoms in total. The number of imidazole rings is 1. The number of carbonyl (C=O) groups is 1. The van der Waals surface area contributed by atoms with Gasteiger partial charge in [0.15, 0.2) is 0 Å². The zero-order chi connectivity index (χ0) is 18.1. The molecule has 1 fully saturated rings. The standard InChI is InChI=1S/C22H25N3O/c1-3-24(22(26)18-7-5-4-6-8-18)15-21-23-19-12-9-16(2)13-20(19)25(21)14-17-10-11-17/h4-9,12-13,17H,3,10-11,14-15H2,1-2H3. The highest BCUT2D eigenvalue weighted by atomic mass is 16.2. The second-order valence-electron chi connectivity index (χ2n) is 7.26. The Morgan fingerprint density at radius 3 is 2.65 bits per heavy atom. The molecule has 1 amide bonds. The molecule has 0 saturated heterocycles. The van der Waals surface area contributed by atoms with E-state index in [2.05, 4.69) is 29.7 Å². The van der Waals surface area contributed by atoms with Gasteiger partial charge in [-0.25, -0.2) is 4.98 Å². The molecule has 1 aliphatic carbocycles. The lowest BCUT2D eigenvalue weighted by Gasteiger charge is -2.21. The van der Waals surface area contributed by atoms with Crippen LogP contribution >= 0.6 is 0 Å². The fourth-order valence-electron chi connectivity index (χ4n) is 3.43. The summed E-state index contributed by atoms with van der Waals surface area (Å²) in [7, 11) is 0. The Morgan fingerprint density at radius 2 is 1.96 bits per heavy atom. The Kier molecular flexibility index (Phi) is 4.49. The molecule has 1 aliphatic rings. The van der Waals surface area contributed by atoms with E-state index in [1.54, 1.807) is 0 Å². The third-order valence-corrected chi connectivity index (χ3v) is 5.14. The molecule has 1 heterocycles. The Balaban J connectivity index is 1.67. The topological polar surface area (TPSA) is 38.1 Å². The number of aryl methyl sites for hydroxylation is 1. The van der Waals surface area contributed by atoms with Crippen molar-refractivity contribution >= 4 is 16.9 Å². The predicted molar refractivity (Wildman–Crippen MR) is 104 cm³/mol. The van der Waals surface area contributed by atoms with E-state index in [4.69, 9.17) is 4.98 Å². The molecule has 0 radical (unpaired) electrons. The third-order valence-electron chi connectivity index (χ3n) is 5.14. The van der Waals surface area contributed by atoms with Gasteiger partial charge in [-0.1, -0.05) is 24.3 Å². The number of hydrogen-bond donors (Lipinski definition) is 0. The van der Waals surface area contributed by atoms with Crippen LogP contribution in [0.5, 0.6) is 0 Å². The zero-order valence-corrected chi connectivity index (χ0v) is 15.5. The van der Waals surface area contributed by atoms with Crippen molar-refractivity contribution in [3.8, 4) is 0 Å². The summed E-state index contributed by atoms with van der Waals surface area (Å²) in [5.74, 6) is 1.81. The molecule has 3 aromatic rings. The summed E-state index contributed by atoms with van der Waals surface area (Å²) in [5.41, 5.74) is 4.19. The smallest absolute Gasteiger partial charge is 0.254 e. The molecule has 1 aromatic heterocycles. The Bertz CT molecular complexity index is 925. The molecule has 0 unspecified atom stereocenters. The Labute approximate surface area is 154 Å². The van der Waals surface area contributed by atoms with Gasteiger partial charge in [0.25, 0.3) is 5.91 Å². The molecule has 2 aromatic carbocycles. The van der Waals surface area contributed by atoms with Gasteiger partial charge in [-0.15, -0.1) is 0 Å². The van der Waals surface area contributed by atoms with Gasteiger partial charge in [0.2, 0.25) is 0 Å². The summed E-state index contributed by atoms with van der Waals surface area (Å²) in [4.78, 5) is 19.6. The van der Waals surface area contributed by atoms with Crippen molar-refractivity contribution in [3.63, 3.8) is 0 Å². The van der Waals surface area contributed by atoms with E-state index in [9.17, 15) is 4.79 Å². The van der Waals surface area contributed by atoms with Gasteiger partial charge in [-0.05, 0) is 62.4 Å². The highest BCUT2D eigenvalue weighted by Gasteiger charge is 2.25. The van der Waals surface area contributed by atoms with Crippen LogP contribution in [0.4, 0.5) is 0 Å². The molecule has 0 atom stereocenters. The number of amides is 1. The zero-order valence-electron chi connectivity index (χ0n) is 15.5. The first-order valence-corrected chi connectivity index (χ1v) is 9.45. The average Bonchev–Trinajstić information content (AvgIpc) is 3.43. The Hall–Kier alpha value is -2.62. The maximum atomic E-state index is 12.9. The van der Waals surface area contributed by atoms with E-state index in [1.807, 2.05) is 42.2 Å². The molecule has 0 bridgehead atoms. The van der Waals surface area contributed by atoms with Gasteiger partial charge >= 0.3 is 0 Å². The molecule has 134 valence electrons. The first-order chi connectivity index (χ1) is 12.7. The summed E-state index contributed by atoms with van der Waals surface area (Å²) < 4.78 is 2.33. The van der Waals surface area contributed by atoms with Crippen LogP contribution in [0.15, 0.2) is 48.5 Å². The van der Waals surface area contributed by atoms with E-state index in [1.165, 1.54) is 23.9 Å². The number of carbonyl (C=O) groups excluding carboxylic acids is 1. The number of aromatic nitrogens is 2. The number of fused-ring (bicyclic) bond motifs is 1. The second-order valence-corrected chi connectivity index (χ2v) is 7.26. The summed E-state index contributed by atoms with van der Waals surface area (Å²) in [6.45, 7) is 6.36. The molecule has 26 heavy (non-hydrogen) atoms. The lowest BCUT2D eigenvalue weighted by molar-refractivity contribution is 0.0747. The largest absolute Gasteiger partial charge is 0.331 e. The fraction of sp³-hybridized carbons (Fsp3) is 0.364. The van der Waals surface area contributed by atoms with Crippen LogP contribution < -0.4 is 0 Å². The van der Waals surface area contributed by atoms with Crippen molar-refractivity contribution in [2.45, 2.75) is 39.8 Å². The average molecular weight is 347 g/mol. The van der Waals surface area contributed by atoms with Crippen molar-refractivity contribution in [2.75, 3.05) is 6.54 Å². The minimum absolute atomic E-state index is 0.0642. The highest BCUT2D eigenvalue weighted by Crippen LogP contribution is 2.33. The lowest BCUT2D eigenvalue weighted by Crippen LogP contribution is -2.31. The van der Waals surface area contributed by atoms with Crippen LogP contribution in [-0.4, -0.2) is 26.9 Å². The molecule has 0 N–H and O–H groups in total. The van der Waals surface area contributed by atoms with Crippen molar-refractivity contribution in [2.24, 2.45) is 5.92 Å². The normalized spacial score (nSPS) is 13.9. The van der Waals surface area contributed by atoms with Crippen molar-refractivity contribution < 1.29 is 4.79 Å². The third kappa shape index (κ3) is 3.36. The quantitative estimate of drug-likeness (QED) is 0.662. The van der Waals surface area contributed by atoms with Gasteiger partial charge in [-0.3, -0.25) is 4.79 Å². The molecular formula is C22H25N3O. The van der Waals surface area contributed by atoms with Crippen molar-refractivity contribution in [1.82, 2.24) is 14.5 Å². The number of rotatable bonds is 6. The highest BCUT2D eigenvalue weighted by molar-refractivity contribution is 5.94. The first-order valence-electron chi connectivity index (χ1n) is 9.45. The predicted octanol–water partition coefficient (Wildman–Crippen LogP) is 4.42. The van der Waals surface area contributed by atoms with Crippen LogP contribution in [0.2, 0.25) is 0 Å². The van der Waals surface area contributed by atoms with Crippen LogP contribution in [0.1, 0.15) is 41.5 Å². The van der Waals surface area contributed by atoms with Crippen molar-refractivity contribution in [3.05, 3.63) is 65.5 Å². The summed E-state index contributed by atoms with van der Waals surface area (Å²) in [6.07, 6.45) is 2.59. The molecule has 4 heteroatoms. The van der Waals surface area contributed by atoms with Gasteiger partial charge in [0.05, 0.1) is 17.6 Å². The van der Waals surface area contributed by atoms with Gasteiger partial charge < -0.3 is 9.47 Å². The molecular weight excluding hydrogens is 322 g/mol. The van der Waals surface area contributed by atoms with Crippen LogP contribution in [0, 0.1) is 12.8 Å². The molecule has 4 rings (SSSR count). The Morgan fingerprint density at radius 1 is 1.19 bits per heavy atom. The van der Waals surface area contributed by atoms with E-state index in [0.29, 0.717) is 13.1 Å². The monoisotopic (exact) mass is 347 g/mol. The summed E-state index contributed by atoms with van der Waals surface area (Å²) in [5, 5.41) is 0. The first kappa shape index (κ1) is 16.8. The number of benzene rings is 2. The van der Waals surface area contributed by atoms with Gasteiger partial charge in [0.1, 0.15) is 5.82 Å². The van der Waals surface area contributed by atoms with E-state index in [-0.39, 0.29) is 5.91 Å². The number of nitrogens with zero attached hydrogens (tertiary/aromatic N) is 3. The second kappa shape index (κ2) is 6.94. The van der Waals surface area contributed by atoms with Gasteiger partial charge in [0, 0.05) is 18.7 Å². The van der Waals surface area contributed by atoms with Crippen LogP contribution in [0.3, 0.4) is 0 Å². The minimum atomic E-state index is 0.0642. The SMILES string of the molecule is CCN(Cc1nc2ccc(C)cc2n1CC1CC1)C(=O)c1ccccc1. The molecule has 1 saturated carbocycles. The van der Waals surface area contributed by atoms with Gasteiger partial charge in [-0.2, -0.15) is 0 Å². The molecule has 0 spiro atoms. The summed E-state index contributed by atoms with van der Waals surface area (Å²) in [6, 6.07) is 15.9. The van der Waals surface area contributed by atoms with E-state index in [0.717, 1.165) is 29.4 Å². The number of hydrogen-bond acceptors (Lipinski definition) is 2. The minimum Gasteiger partial charge on any atom is -0.331 e. The van der Waals surface area contributed by atoms with Crippen molar-refractivity contribution in [1.29, 1.82) is 0 Å². The van der Waals surface area contributed by atoms with Crippen LogP contribution in [-0.2, 0) is 13.1 Å². The lowest BCUT2D eigenvalue weighted by atomic mass is 10.2. The molecule has 0 aliphatic heterocycles. The van der Waals surface area contributed by atoms with Crippen LogP contribution in [0.25, 0.3) is 11.0 Å². The van der Waals surface area contributed by atoms with E-state index < -0.39 is 0 Å². The summed E-state index contributed by atoms with van der Waals surface area (Å²) >= 11 is 0. The van der Waals surface area contributed by atoms with E-state index >= 15 is 0 Å². The fourth-order valence-corrected chi connectivity index (χ4v) is 3.43.